The van der Waals surface area contributed by atoms with Crippen molar-refractivity contribution in [1.82, 2.24) is 14.3 Å². The first-order chi connectivity index (χ1) is 17.1. The van der Waals surface area contributed by atoms with Gasteiger partial charge in [-0.15, -0.1) is 0 Å². The maximum Gasteiger partial charge on any atom is 0.227 e. The molecule has 1 aliphatic carbocycles. The standard InChI is InChI=1S/C26H29ClN4O4S/c1-5-23(32)17-10-11-21(24(14-17)35-3)29-26-28-15-20(27)22(30-26)13-18-12-16-8-6-7-9-19(16)25(18)31(2)36(4,33)34/h6-11,14-15,18,25H,5,12-13H2,1-4H3,(H,28,29,30)/t18-,25-/m0/s1. The molecule has 0 saturated carbocycles. The van der Waals surface area contributed by atoms with Crippen LogP contribution >= 0.6 is 11.6 Å². The Bertz CT molecular complexity index is 1400. The molecule has 190 valence electrons. The number of sulfonamides is 1. The number of hydrogen-bond acceptors (Lipinski definition) is 7. The zero-order valence-corrected chi connectivity index (χ0v) is 22.2. The summed E-state index contributed by atoms with van der Waals surface area (Å²) in [6.07, 6.45) is 4.34. The summed E-state index contributed by atoms with van der Waals surface area (Å²) in [6.45, 7) is 1.81. The van der Waals surface area contributed by atoms with E-state index >= 15 is 0 Å². The Labute approximate surface area is 216 Å². The Hall–Kier alpha value is -3.01. The van der Waals surface area contributed by atoms with Gasteiger partial charge in [-0.1, -0.05) is 42.8 Å². The second kappa shape index (κ2) is 10.5. The van der Waals surface area contributed by atoms with Crippen molar-refractivity contribution < 1.29 is 17.9 Å². The van der Waals surface area contributed by atoms with Crippen LogP contribution in [0.4, 0.5) is 11.6 Å². The molecule has 1 heterocycles. The monoisotopic (exact) mass is 528 g/mol. The van der Waals surface area contributed by atoms with Crippen molar-refractivity contribution in [3.8, 4) is 5.75 Å². The molecule has 0 spiro atoms. The Balaban J connectivity index is 1.62. The molecule has 4 rings (SSSR count). The van der Waals surface area contributed by atoms with E-state index < -0.39 is 10.0 Å². The number of anilines is 2. The van der Waals surface area contributed by atoms with Crippen LogP contribution in [-0.4, -0.2) is 48.9 Å². The summed E-state index contributed by atoms with van der Waals surface area (Å²) in [5, 5.41) is 3.56. The SMILES string of the molecule is CCC(=O)c1ccc(Nc2ncc(Cl)c(C[C@@H]3Cc4ccccc4[C@H]3N(C)S(C)(=O)=O)n2)c(OC)c1. The van der Waals surface area contributed by atoms with E-state index in [2.05, 4.69) is 15.3 Å². The molecule has 1 aromatic heterocycles. The van der Waals surface area contributed by atoms with E-state index in [-0.39, 0.29) is 17.7 Å². The van der Waals surface area contributed by atoms with Gasteiger partial charge in [0.05, 0.1) is 42.0 Å². The molecule has 36 heavy (non-hydrogen) atoms. The third-order valence-electron chi connectivity index (χ3n) is 6.58. The second-order valence-corrected chi connectivity index (χ2v) is 11.3. The first-order valence-corrected chi connectivity index (χ1v) is 13.9. The fraction of sp³-hybridized carbons (Fsp3) is 0.346. The van der Waals surface area contributed by atoms with Gasteiger partial charge >= 0.3 is 0 Å². The topological polar surface area (TPSA) is 101 Å². The highest BCUT2D eigenvalue weighted by atomic mass is 35.5. The van der Waals surface area contributed by atoms with Gasteiger partial charge < -0.3 is 10.1 Å². The Kier molecular flexibility index (Phi) is 7.63. The number of nitrogens with zero attached hydrogens (tertiary/aromatic N) is 3. The minimum atomic E-state index is -3.42. The lowest BCUT2D eigenvalue weighted by molar-refractivity contribution is 0.0988. The first-order valence-electron chi connectivity index (χ1n) is 11.6. The highest BCUT2D eigenvalue weighted by molar-refractivity contribution is 7.88. The van der Waals surface area contributed by atoms with Crippen molar-refractivity contribution in [2.24, 2.45) is 5.92 Å². The van der Waals surface area contributed by atoms with E-state index in [0.717, 1.165) is 11.1 Å². The van der Waals surface area contributed by atoms with Gasteiger partial charge in [0.15, 0.2) is 5.78 Å². The normalized spacial score (nSPS) is 17.2. The molecule has 10 heteroatoms. The summed E-state index contributed by atoms with van der Waals surface area (Å²) < 4.78 is 31.8. The predicted molar refractivity (Wildman–Crippen MR) is 141 cm³/mol. The number of carbonyl (C=O) groups excluding carboxylic acids is 1. The summed E-state index contributed by atoms with van der Waals surface area (Å²) in [6, 6.07) is 12.8. The van der Waals surface area contributed by atoms with E-state index in [4.69, 9.17) is 16.3 Å². The zero-order chi connectivity index (χ0) is 26.0. The van der Waals surface area contributed by atoms with Crippen LogP contribution < -0.4 is 10.1 Å². The van der Waals surface area contributed by atoms with Gasteiger partial charge in [-0.25, -0.2) is 18.4 Å². The summed E-state index contributed by atoms with van der Waals surface area (Å²) in [7, 11) is -0.268. The van der Waals surface area contributed by atoms with Crippen molar-refractivity contribution in [3.05, 3.63) is 76.1 Å². The summed E-state index contributed by atoms with van der Waals surface area (Å²) in [4.78, 5) is 21.0. The van der Waals surface area contributed by atoms with Gasteiger partial charge in [-0.2, -0.15) is 4.31 Å². The van der Waals surface area contributed by atoms with E-state index in [1.807, 2.05) is 31.2 Å². The fourth-order valence-electron chi connectivity index (χ4n) is 4.69. The van der Waals surface area contributed by atoms with Crippen molar-refractivity contribution in [2.45, 2.75) is 32.2 Å². The average Bonchev–Trinajstić information content (AvgIpc) is 3.22. The lowest BCUT2D eigenvalue weighted by atomic mass is 9.95. The van der Waals surface area contributed by atoms with E-state index in [1.165, 1.54) is 23.9 Å². The summed E-state index contributed by atoms with van der Waals surface area (Å²) >= 11 is 6.49. The molecule has 1 aliphatic rings. The van der Waals surface area contributed by atoms with Crippen LogP contribution in [-0.2, 0) is 22.9 Å². The number of hydrogen-bond donors (Lipinski definition) is 1. The van der Waals surface area contributed by atoms with Crippen LogP contribution in [0, 0.1) is 5.92 Å². The predicted octanol–water partition coefficient (Wildman–Crippen LogP) is 4.82. The molecule has 1 N–H and O–H groups in total. The first kappa shape index (κ1) is 26.1. The molecule has 0 saturated heterocycles. The number of aromatic nitrogens is 2. The van der Waals surface area contributed by atoms with Crippen LogP contribution in [0.2, 0.25) is 5.02 Å². The van der Waals surface area contributed by atoms with Gasteiger partial charge in [-0.3, -0.25) is 4.79 Å². The Morgan fingerprint density at radius 3 is 2.69 bits per heavy atom. The smallest absolute Gasteiger partial charge is 0.227 e. The van der Waals surface area contributed by atoms with Gasteiger partial charge in [0.1, 0.15) is 5.75 Å². The second-order valence-electron chi connectivity index (χ2n) is 8.90. The van der Waals surface area contributed by atoms with Gasteiger partial charge in [0, 0.05) is 19.0 Å². The van der Waals surface area contributed by atoms with E-state index in [0.29, 0.717) is 52.9 Å². The van der Waals surface area contributed by atoms with Crippen molar-refractivity contribution in [1.29, 1.82) is 0 Å². The molecular weight excluding hydrogens is 500 g/mol. The largest absolute Gasteiger partial charge is 0.495 e. The maximum absolute atomic E-state index is 12.4. The highest BCUT2D eigenvalue weighted by Crippen LogP contribution is 2.42. The lowest BCUT2D eigenvalue weighted by Gasteiger charge is -2.28. The number of carbonyl (C=O) groups is 1. The van der Waals surface area contributed by atoms with Crippen LogP contribution in [0.3, 0.4) is 0 Å². The molecule has 2 atom stereocenters. The quantitative estimate of drug-likeness (QED) is 0.397. The van der Waals surface area contributed by atoms with E-state index in [9.17, 15) is 13.2 Å². The Morgan fingerprint density at radius 1 is 1.25 bits per heavy atom. The molecule has 2 aromatic carbocycles. The molecule has 0 bridgehead atoms. The maximum atomic E-state index is 12.4. The Morgan fingerprint density at radius 2 is 2.00 bits per heavy atom. The van der Waals surface area contributed by atoms with Crippen molar-refractivity contribution >= 4 is 39.0 Å². The number of methoxy groups -OCH3 is 1. The number of Topliss-reactive ketones (excluding diaryl/α,β-unsaturated/α-hetero) is 1. The number of fused-ring (bicyclic) bond motifs is 1. The number of nitrogens with one attached hydrogen (secondary N) is 1. The molecule has 0 unspecified atom stereocenters. The molecule has 0 aliphatic heterocycles. The van der Waals surface area contributed by atoms with Crippen LogP contribution in [0.5, 0.6) is 5.75 Å². The van der Waals surface area contributed by atoms with Crippen molar-refractivity contribution in [3.63, 3.8) is 0 Å². The number of ketones is 1. The number of rotatable bonds is 9. The lowest BCUT2D eigenvalue weighted by Crippen LogP contribution is -2.33. The fourth-order valence-corrected chi connectivity index (χ4v) is 5.55. The van der Waals surface area contributed by atoms with Gasteiger partial charge in [0.2, 0.25) is 16.0 Å². The van der Waals surface area contributed by atoms with Gasteiger partial charge in [-0.05, 0) is 48.1 Å². The molecule has 8 nitrogen and oxygen atoms in total. The van der Waals surface area contributed by atoms with E-state index in [1.54, 1.807) is 25.2 Å². The van der Waals surface area contributed by atoms with Gasteiger partial charge in [0.25, 0.3) is 0 Å². The summed E-state index contributed by atoms with van der Waals surface area (Å²) in [5.41, 5.74) is 3.93. The third-order valence-corrected chi connectivity index (χ3v) is 8.17. The molecular formula is C26H29ClN4O4S. The minimum Gasteiger partial charge on any atom is -0.495 e. The van der Waals surface area contributed by atoms with Crippen molar-refractivity contribution in [2.75, 3.05) is 25.7 Å². The highest BCUT2D eigenvalue weighted by Gasteiger charge is 2.38. The number of benzene rings is 2. The zero-order valence-electron chi connectivity index (χ0n) is 20.7. The van der Waals surface area contributed by atoms with Crippen LogP contribution in [0.25, 0.3) is 0 Å². The average molecular weight is 529 g/mol. The third kappa shape index (κ3) is 5.38. The van der Waals surface area contributed by atoms with Crippen LogP contribution in [0.15, 0.2) is 48.7 Å². The van der Waals surface area contributed by atoms with Crippen LogP contribution in [0.1, 0.15) is 46.6 Å². The molecule has 0 amide bonds. The number of halogens is 1. The summed E-state index contributed by atoms with van der Waals surface area (Å²) in [5.74, 6) is 0.800. The molecule has 0 fully saturated rings. The number of ether oxygens (including phenoxy) is 1. The minimum absolute atomic E-state index is 0.0241. The molecule has 0 radical (unpaired) electrons. The molecule has 3 aromatic rings.